The van der Waals surface area contributed by atoms with Crippen LogP contribution in [0.4, 0.5) is 10.1 Å². The molecule has 1 atom stereocenters. The Labute approximate surface area is 166 Å². The summed E-state index contributed by atoms with van der Waals surface area (Å²) in [5, 5.41) is 4.84. The molecule has 0 fully saturated rings. The number of halogens is 1. The number of hydrogen-bond donors (Lipinski definition) is 1. The highest BCUT2D eigenvalue weighted by Gasteiger charge is 2.31. The van der Waals surface area contributed by atoms with E-state index < -0.39 is 5.82 Å². The van der Waals surface area contributed by atoms with Crippen molar-refractivity contribution in [1.82, 2.24) is 4.90 Å². The van der Waals surface area contributed by atoms with Gasteiger partial charge in [0.15, 0.2) is 0 Å². The van der Waals surface area contributed by atoms with Crippen LogP contribution in [0.3, 0.4) is 0 Å². The lowest BCUT2D eigenvalue weighted by Crippen LogP contribution is -2.38. The van der Waals surface area contributed by atoms with Gasteiger partial charge in [-0.1, -0.05) is 18.2 Å². The van der Waals surface area contributed by atoms with E-state index in [4.69, 9.17) is 0 Å². The molecular formula is C22H19FN2O2S. The van der Waals surface area contributed by atoms with Crippen molar-refractivity contribution < 1.29 is 14.0 Å². The summed E-state index contributed by atoms with van der Waals surface area (Å²) in [5.74, 6) is -0.767. The zero-order valence-electron chi connectivity index (χ0n) is 15.3. The molecule has 142 valence electrons. The van der Waals surface area contributed by atoms with Crippen LogP contribution < -0.4 is 5.32 Å². The number of benzene rings is 2. The number of amides is 2. The zero-order valence-corrected chi connectivity index (χ0v) is 16.1. The summed E-state index contributed by atoms with van der Waals surface area (Å²) in [7, 11) is 0. The summed E-state index contributed by atoms with van der Waals surface area (Å²) in [4.78, 5) is 27.6. The van der Waals surface area contributed by atoms with Gasteiger partial charge in [0.1, 0.15) is 5.82 Å². The molecule has 2 aromatic carbocycles. The van der Waals surface area contributed by atoms with Gasteiger partial charge in [-0.3, -0.25) is 9.59 Å². The quantitative estimate of drug-likeness (QED) is 0.704. The average molecular weight is 394 g/mol. The van der Waals surface area contributed by atoms with Crippen molar-refractivity contribution in [1.29, 1.82) is 0 Å². The Morgan fingerprint density at radius 3 is 2.64 bits per heavy atom. The largest absolute Gasteiger partial charge is 0.331 e. The Kier molecular flexibility index (Phi) is 4.96. The van der Waals surface area contributed by atoms with E-state index in [1.165, 1.54) is 28.6 Å². The highest BCUT2D eigenvalue weighted by atomic mass is 32.1. The summed E-state index contributed by atoms with van der Waals surface area (Å²) in [6, 6.07) is 15.0. The second kappa shape index (κ2) is 7.56. The van der Waals surface area contributed by atoms with Crippen LogP contribution in [0.5, 0.6) is 0 Å². The Bertz CT molecular complexity index is 1030. The maximum Gasteiger partial charge on any atom is 0.255 e. The minimum Gasteiger partial charge on any atom is -0.331 e. The first-order valence-corrected chi connectivity index (χ1v) is 9.91. The Balaban J connectivity index is 1.57. The third-order valence-electron chi connectivity index (χ3n) is 4.94. The minimum absolute atomic E-state index is 0.0466. The number of fused-ring (bicyclic) bond motifs is 1. The smallest absolute Gasteiger partial charge is 0.255 e. The van der Waals surface area contributed by atoms with E-state index in [-0.39, 0.29) is 23.4 Å². The van der Waals surface area contributed by atoms with Crippen molar-refractivity contribution >= 4 is 28.8 Å². The van der Waals surface area contributed by atoms with Gasteiger partial charge in [-0.25, -0.2) is 4.39 Å². The number of carbonyl (C=O) groups excluding carboxylic acids is 2. The lowest BCUT2D eigenvalue weighted by molar-refractivity contribution is -0.130. The molecule has 28 heavy (non-hydrogen) atoms. The van der Waals surface area contributed by atoms with Crippen LogP contribution in [-0.4, -0.2) is 23.3 Å². The lowest BCUT2D eigenvalue weighted by Gasteiger charge is -2.35. The number of hydrogen-bond acceptors (Lipinski definition) is 3. The molecule has 0 spiro atoms. The molecule has 0 saturated heterocycles. The molecule has 2 amide bonds. The van der Waals surface area contributed by atoms with E-state index in [0.29, 0.717) is 12.2 Å². The lowest BCUT2D eigenvalue weighted by atomic mass is 9.93. The number of nitrogens with one attached hydrogen (secondary N) is 1. The van der Waals surface area contributed by atoms with E-state index in [0.717, 1.165) is 12.0 Å². The van der Waals surface area contributed by atoms with Crippen LogP contribution in [0.1, 0.15) is 39.3 Å². The van der Waals surface area contributed by atoms with Crippen molar-refractivity contribution in [3.63, 3.8) is 0 Å². The molecule has 0 saturated carbocycles. The molecule has 6 heteroatoms. The van der Waals surface area contributed by atoms with Crippen molar-refractivity contribution in [3.05, 3.63) is 87.4 Å². The van der Waals surface area contributed by atoms with Gasteiger partial charge in [-0.15, -0.1) is 11.3 Å². The van der Waals surface area contributed by atoms with Gasteiger partial charge in [-0.2, -0.15) is 0 Å². The molecule has 2 heterocycles. The van der Waals surface area contributed by atoms with Crippen molar-refractivity contribution in [2.45, 2.75) is 19.4 Å². The van der Waals surface area contributed by atoms with Crippen molar-refractivity contribution in [2.75, 3.05) is 11.9 Å². The van der Waals surface area contributed by atoms with Crippen LogP contribution in [0.25, 0.3) is 0 Å². The summed E-state index contributed by atoms with van der Waals surface area (Å²) in [5.41, 5.74) is 3.05. The second-order valence-corrected chi connectivity index (χ2v) is 7.75. The molecule has 3 aromatic rings. The summed E-state index contributed by atoms with van der Waals surface area (Å²) in [6.45, 7) is 2.30. The fourth-order valence-electron chi connectivity index (χ4n) is 3.60. The van der Waals surface area contributed by atoms with Crippen LogP contribution in [-0.2, 0) is 11.2 Å². The van der Waals surface area contributed by atoms with Gasteiger partial charge in [-0.05, 0) is 59.3 Å². The molecule has 1 aromatic heterocycles. The molecular weight excluding hydrogens is 375 g/mol. The van der Waals surface area contributed by atoms with E-state index in [2.05, 4.69) is 16.8 Å². The number of thiophene rings is 1. The molecule has 1 aliphatic rings. The Morgan fingerprint density at radius 2 is 1.93 bits per heavy atom. The fraction of sp³-hybridized carbons (Fsp3) is 0.182. The standard InChI is InChI=1S/C22H19FN2O2S/c1-14(26)25-11-9-20-19(10-12-28-20)21(25)15-5-7-18(8-6-15)24-22(27)16-3-2-4-17(23)13-16/h2-8,10,12-13,21H,9,11H2,1H3,(H,24,27)/t21-/m1/s1. The van der Waals surface area contributed by atoms with E-state index in [1.54, 1.807) is 24.3 Å². The molecule has 0 radical (unpaired) electrons. The average Bonchev–Trinajstić information content (AvgIpc) is 3.16. The highest BCUT2D eigenvalue weighted by Crippen LogP contribution is 2.38. The number of anilines is 1. The highest BCUT2D eigenvalue weighted by molar-refractivity contribution is 7.10. The fourth-order valence-corrected chi connectivity index (χ4v) is 4.50. The SMILES string of the molecule is CC(=O)N1CCc2sccc2[C@H]1c1ccc(NC(=O)c2cccc(F)c2)cc1. The normalized spacial score (nSPS) is 15.8. The summed E-state index contributed by atoms with van der Waals surface area (Å²) < 4.78 is 13.3. The molecule has 0 bridgehead atoms. The van der Waals surface area contributed by atoms with Gasteiger partial charge < -0.3 is 10.2 Å². The summed E-state index contributed by atoms with van der Waals surface area (Å²) in [6.07, 6.45) is 0.880. The van der Waals surface area contributed by atoms with Crippen LogP contribution >= 0.6 is 11.3 Å². The Morgan fingerprint density at radius 1 is 1.14 bits per heavy atom. The van der Waals surface area contributed by atoms with Gasteiger partial charge in [0, 0.05) is 29.6 Å². The molecule has 4 rings (SSSR count). The zero-order chi connectivity index (χ0) is 19.7. The van der Waals surface area contributed by atoms with E-state index in [9.17, 15) is 14.0 Å². The number of carbonyl (C=O) groups is 2. The van der Waals surface area contributed by atoms with Crippen LogP contribution in [0.15, 0.2) is 60.0 Å². The maximum atomic E-state index is 13.3. The van der Waals surface area contributed by atoms with Gasteiger partial charge in [0.2, 0.25) is 5.91 Å². The van der Waals surface area contributed by atoms with Gasteiger partial charge in [0.25, 0.3) is 5.91 Å². The molecule has 1 N–H and O–H groups in total. The first-order chi connectivity index (χ1) is 13.5. The number of nitrogens with zero attached hydrogens (tertiary/aromatic N) is 1. The third-order valence-corrected chi connectivity index (χ3v) is 5.94. The maximum absolute atomic E-state index is 13.3. The van der Waals surface area contributed by atoms with E-state index in [1.807, 2.05) is 29.2 Å². The summed E-state index contributed by atoms with van der Waals surface area (Å²) >= 11 is 1.72. The first kappa shape index (κ1) is 18.4. The second-order valence-electron chi connectivity index (χ2n) is 6.75. The molecule has 4 nitrogen and oxygen atoms in total. The topological polar surface area (TPSA) is 49.4 Å². The monoisotopic (exact) mass is 394 g/mol. The first-order valence-electron chi connectivity index (χ1n) is 9.03. The van der Waals surface area contributed by atoms with E-state index >= 15 is 0 Å². The van der Waals surface area contributed by atoms with Gasteiger partial charge >= 0.3 is 0 Å². The molecule has 1 aliphatic heterocycles. The van der Waals surface area contributed by atoms with Crippen molar-refractivity contribution in [3.8, 4) is 0 Å². The van der Waals surface area contributed by atoms with Crippen molar-refractivity contribution in [2.24, 2.45) is 0 Å². The predicted octanol–water partition coefficient (Wildman–Crippen LogP) is 4.63. The minimum atomic E-state index is -0.448. The molecule has 0 unspecified atom stereocenters. The van der Waals surface area contributed by atoms with Crippen LogP contribution in [0.2, 0.25) is 0 Å². The molecule has 0 aliphatic carbocycles. The van der Waals surface area contributed by atoms with Gasteiger partial charge in [0.05, 0.1) is 6.04 Å². The third kappa shape index (κ3) is 3.55. The van der Waals surface area contributed by atoms with Crippen LogP contribution in [0, 0.1) is 5.82 Å². The Hall–Kier alpha value is -2.99. The predicted molar refractivity (Wildman–Crippen MR) is 108 cm³/mol. The number of rotatable bonds is 3.